The Morgan fingerprint density at radius 1 is 1.53 bits per heavy atom. The number of phenols is 1. The van der Waals surface area contributed by atoms with Crippen molar-refractivity contribution in [2.75, 3.05) is 20.3 Å². The van der Waals surface area contributed by atoms with Crippen molar-refractivity contribution in [1.29, 1.82) is 0 Å². The first-order valence-corrected chi connectivity index (χ1v) is 6.46. The van der Waals surface area contributed by atoms with Gasteiger partial charge in [-0.05, 0) is 24.6 Å². The van der Waals surface area contributed by atoms with Gasteiger partial charge in [-0.25, -0.2) is 0 Å². The molecule has 3 N–H and O–H groups in total. The number of hydrogen-bond donors (Lipinski definition) is 3. The number of ether oxygens (including phenoxy) is 2. The smallest absolute Gasteiger partial charge is 0.160 e. The zero-order valence-corrected chi connectivity index (χ0v) is 11.3. The second-order valence-corrected chi connectivity index (χ2v) is 4.98. The van der Waals surface area contributed by atoms with Crippen LogP contribution in [-0.4, -0.2) is 42.2 Å². The summed E-state index contributed by atoms with van der Waals surface area (Å²) >= 11 is 0. The molecule has 1 heterocycles. The number of aliphatic hydroxyl groups is 1. The molecule has 0 radical (unpaired) electrons. The Labute approximate surface area is 113 Å². The van der Waals surface area contributed by atoms with Gasteiger partial charge < -0.3 is 25.0 Å². The molecule has 1 aliphatic heterocycles. The zero-order valence-electron chi connectivity index (χ0n) is 11.3. The molecule has 0 amide bonds. The van der Waals surface area contributed by atoms with Gasteiger partial charge in [0.1, 0.15) is 5.60 Å². The first-order valence-electron chi connectivity index (χ1n) is 6.46. The van der Waals surface area contributed by atoms with Gasteiger partial charge in [0.2, 0.25) is 0 Å². The number of aromatic hydroxyl groups is 1. The molecule has 0 aliphatic carbocycles. The van der Waals surface area contributed by atoms with E-state index in [4.69, 9.17) is 9.47 Å². The van der Waals surface area contributed by atoms with E-state index in [9.17, 15) is 10.2 Å². The number of hydrogen-bond acceptors (Lipinski definition) is 5. The summed E-state index contributed by atoms with van der Waals surface area (Å²) < 4.78 is 10.4. The molecule has 0 aromatic heterocycles. The van der Waals surface area contributed by atoms with Crippen molar-refractivity contribution >= 4 is 0 Å². The molecule has 1 fully saturated rings. The summed E-state index contributed by atoms with van der Waals surface area (Å²) in [7, 11) is 1.52. The van der Waals surface area contributed by atoms with Gasteiger partial charge in [0.15, 0.2) is 11.5 Å². The number of rotatable bonds is 5. The van der Waals surface area contributed by atoms with Gasteiger partial charge >= 0.3 is 0 Å². The number of methoxy groups -OCH3 is 1. The van der Waals surface area contributed by atoms with Crippen molar-refractivity contribution in [3.63, 3.8) is 0 Å². The average Bonchev–Trinajstić information content (AvgIpc) is 2.72. The minimum Gasteiger partial charge on any atom is -0.504 e. The fraction of sp³-hybridized carbons (Fsp3) is 0.571. The van der Waals surface area contributed by atoms with E-state index in [-0.39, 0.29) is 11.9 Å². The van der Waals surface area contributed by atoms with Crippen LogP contribution in [0.5, 0.6) is 11.5 Å². The van der Waals surface area contributed by atoms with Crippen molar-refractivity contribution in [1.82, 2.24) is 5.32 Å². The predicted octanol–water partition coefficient (Wildman–Crippen LogP) is 1.03. The fourth-order valence-electron chi connectivity index (χ4n) is 2.26. The van der Waals surface area contributed by atoms with Crippen LogP contribution in [-0.2, 0) is 11.3 Å². The second-order valence-electron chi connectivity index (χ2n) is 4.98. The minimum absolute atomic E-state index is 0.127. The van der Waals surface area contributed by atoms with Gasteiger partial charge in [-0.1, -0.05) is 6.07 Å². The predicted molar refractivity (Wildman–Crippen MR) is 71.3 cm³/mol. The molecule has 5 heteroatoms. The van der Waals surface area contributed by atoms with E-state index in [2.05, 4.69) is 5.32 Å². The van der Waals surface area contributed by atoms with E-state index >= 15 is 0 Å². The molecule has 1 saturated heterocycles. The Morgan fingerprint density at radius 2 is 2.32 bits per heavy atom. The summed E-state index contributed by atoms with van der Waals surface area (Å²) in [5.74, 6) is 0.582. The van der Waals surface area contributed by atoms with Gasteiger partial charge in [0.25, 0.3) is 0 Å². The molecule has 2 rings (SSSR count). The molecule has 1 aliphatic rings. The van der Waals surface area contributed by atoms with E-state index in [0.717, 1.165) is 5.56 Å². The number of phenolic OH excluding ortho intramolecular Hbond substituents is 1. The van der Waals surface area contributed by atoms with Crippen LogP contribution in [0.4, 0.5) is 0 Å². The van der Waals surface area contributed by atoms with Crippen molar-refractivity contribution in [3.05, 3.63) is 23.8 Å². The maximum atomic E-state index is 10.3. The van der Waals surface area contributed by atoms with Crippen LogP contribution >= 0.6 is 0 Å². The Morgan fingerprint density at radius 3 is 2.95 bits per heavy atom. The van der Waals surface area contributed by atoms with Crippen LogP contribution in [0.3, 0.4) is 0 Å². The van der Waals surface area contributed by atoms with Gasteiger partial charge in [-0.3, -0.25) is 0 Å². The lowest BCUT2D eigenvalue weighted by molar-refractivity contribution is -0.0262. The molecule has 5 nitrogen and oxygen atoms in total. The molecule has 1 aromatic carbocycles. The maximum absolute atomic E-state index is 10.3. The van der Waals surface area contributed by atoms with E-state index in [0.29, 0.717) is 31.9 Å². The van der Waals surface area contributed by atoms with Gasteiger partial charge in [0.05, 0.1) is 13.2 Å². The van der Waals surface area contributed by atoms with Crippen molar-refractivity contribution in [2.24, 2.45) is 0 Å². The summed E-state index contributed by atoms with van der Waals surface area (Å²) in [6.07, 6.45) is 0.509. The van der Waals surface area contributed by atoms with Crippen LogP contribution in [0.25, 0.3) is 0 Å². The van der Waals surface area contributed by atoms with Crippen LogP contribution in [0.2, 0.25) is 0 Å². The van der Waals surface area contributed by atoms with Crippen molar-refractivity contribution in [3.8, 4) is 11.5 Å². The zero-order chi connectivity index (χ0) is 13.9. The molecule has 106 valence electrons. The summed E-state index contributed by atoms with van der Waals surface area (Å²) in [6, 6.07) is 5.20. The molecule has 0 bridgehead atoms. The monoisotopic (exact) mass is 267 g/mol. The molecule has 1 aromatic rings. The highest BCUT2D eigenvalue weighted by Crippen LogP contribution is 2.27. The summed E-state index contributed by atoms with van der Waals surface area (Å²) in [5.41, 5.74) is 0.200. The largest absolute Gasteiger partial charge is 0.504 e. The quantitative estimate of drug-likeness (QED) is 0.743. The van der Waals surface area contributed by atoms with Crippen molar-refractivity contribution in [2.45, 2.75) is 31.6 Å². The molecule has 2 unspecified atom stereocenters. The van der Waals surface area contributed by atoms with Crippen LogP contribution in [0, 0.1) is 0 Å². The Balaban J connectivity index is 1.89. The highest BCUT2D eigenvalue weighted by atomic mass is 16.5. The topological polar surface area (TPSA) is 71.0 Å². The van der Waals surface area contributed by atoms with Crippen LogP contribution in [0.15, 0.2) is 18.2 Å². The lowest BCUT2D eigenvalue weighted by Crippen LogP contribution is -2.45. The molecule has 2 atom stereocenters. The first kappa shape index (κ1) is 14.1. The molecular formula is C14H21NO4. The Kier molecular flexibility index (Phi) is 4.29. The van der Waals surface area contributed by atoms with Crippen molar-refractivity contribution < 1.29 is 19.7 Å². The summed E-state index contributed by atoms with van der Waals surface area (Å²) in [4.78, 5) is 0. The van der Waals surface area contributed by atoms with Gasteiger partial charge in [-0.2, -0.15) is 0 Å². The average molecular weight is 267 g/mol. The standard InChI is InChI=1S/C14H21NO4/c1-10-14(17,5-6-19-10)9-15-8-11-3-4-12(16)13(7-11)18-2/h3-4,7,10,15-17H,5-6,8-9H2,1-2H3. The van der Waals surface area contributed by atoms with E-state index in [1.807, 2.05) is 13.0 Å². The van der Waals surface area contributed by atoms with Crippen LogP contribution < -0.4 is 10.1 Å². The summed E-state index contributed by atoms with van der Waals surface area (Å²) in [5, 5.41) is 23.1. The molecule has 0 saturated carbocycles. The molecule has 0 spiro atoms. The number of nitrogens with one attached hydrogen (secondary N) is 1. The Hall–Kier alpha value is -1.30. The normalized spacial score (nSPS) is 26.6. The van der Waals surface area contributed by atoms with Gasteiger partial charge in [0, 0.05) is 26.1 Å². The first-order chi connectivity index (χ1) is 9.05. The molecular weight excluding hydrogens is 246 g/mol. The van der Waals surface area contributed by atoms with Crippen LogP contribution in [0.1, 0.15) is 18.9 Å². The molecule has 19 heavy (non-hydrogen) atoms. The fourth-order valence-corrected chi connectivity index (χ4v) is 2.26. The Bertz CT molecular complexity index is 437. The van der Waals surface area contributed by atoms with E-state index in [1.54, 1.807) is 12.1 Å². The lowest BCUT2D eigenvalue weighted by atomic mass is 9.96. The SMILES string of the molecule is COc1cc(CNCC2(O)CCOC2C)ccc1O. The third-order valence-electron chi connectivity index (χ3n) is 3.66. The highest BCUT2D eigenvalue weighted by molar-refractivity contribution is 5.41. The van der Waals surface area contributed by atoms with Gasteiger partial charge in [-0.15, -0.1) is 0 Å². The minimum atomic E-state index is -0.791. The maximum Gasteiger partial charge on any atom is 0.160 e. The highest BCUT2D eigenvalue weighted by Gasteiger charge is 2.38. The summed E-state index contributed by atoms with van der Waals surface area (Å²) in [6.45, 7) is 3.58. The number of benzene rings is 1. The third kappa shape index (κ3) is 3.18. The van der Waals surface area contributed by atoms with E-state index < -0.39 is 5.60 Å². The van der Waals surface area contributed by atoms with E-state index in [1.165, 1.54) is 7.11 Å². The second kappa shape index (κ2) is 5.77. The lowest BCUT2D eigenvalue weighted by Gasteiger charge is -2.26. The third-order valence-corrected chi connectivity index (χ3v) is 3.66.